The van der Waals surface area contributed by atoms with E-state index in [2.05, 4.69) is 0 Å². The van der Waals surface area contributed by atoms with Crippen LogP contribution in [0.25, 0.3) is 0 Å². The van der Waals surface area contributed by atoms with Crippen molar-refractivity contribution in [3.8, 4) is 0 Å². The molecule has 1 aromatic carbocycles. The van der Waals surface area contributed by atoms with Crippen LogP contribution in [0, 0.1) is 5.21 Å². The zero-order valence-electron chi connectivity index (χ0n) is 11.6. The molecule has 1 atom stereocenters. The van der Waals surface area contributed by atoms with Gasteiger partial charge in [-0.1, -0.05) is 30.3 Å². The summed E-state index contributed by atoms with van der Waals surface area (Å²) in [6.45, 7) is 5.73. The van der Waals surface area contributed by atoms with E-state index < -0.39 is 13.6 Å². The molecule has 0 bridgehead atoms. The highest BCUT2D eigenvalue weighted by Crippen LogP contribution is 2.49. The highest BCUT2D eigenvalue weighted by atomic mass is 31.2. The minimum Gasteiger partial charge on any atom is -0.784 e. The molecule has 0 radical (unpaired) electrons. The third-order valence-corrected chi connectivity index (χ3v) is 4.61. The van der Waals surface area contributed by atoms with E-state index in [0.29, 0.717) is 0 Å². The predicted molar refractivity (Wildman–Crippen MR) is 75.8 cm³/mol. The summed E-state index contributed by atoms with van der Waals surface area (Å²) in [6.07, 6.45) is -0.259. The SMILES string of the molecule is CCOP(=O)(CN([O-])[C@@H](C)c1ccccc1)OCC. The predicted octanol–water partition coefficient (Wildman–Crippen LogP) is 3.77. The van der Waals surface area contributed by atoms with Gasteiger partial charge < -0.3 is 19.3 Å². The van der Waals surface area contributed by atoms with Gasteiger partial charge in [-0.15, -0.1) is 0 Å². The second-order valence-corrected chi connectivity index (χ2v) is 6.11. The molecular weight excluding hydrogens is 265 g/mol. The molecule has 0 aliphatic heterocycles. The Hall–Kier alpha value is -0.710. The van der Waals surface area contributed by atoms with E-state index in [0.717, 1.165) is 10.6 Å². The maximum Gasteiger partial charge on any atom is 0.343 e. The van der Waals surface area contributed by atoms with Crippen molar-refractivity contribution in [2.75, 3.05) is 19.5 Å². The Bertz CT molecular complexity index is 402. The summed E-state index contributed by atoms with van der Waals surface area (Å²) in [5, 5.41) is 12.8. The lowest BCUT2D eigenvalue weighted by Gasteiger charge is -2.36. The molecule has 0 N–H and O–H groups in total. The number of rotatable bonds is 8. The normalized spacial score (nSPS) is 13.7. The van der Waals surface area contributed by atoms with Crippen LogP contribution in [-0.4, -0.2) is 24.6 Å². The number of hydrogen-bond acceptors (Lipinski definition) is 5. The van der Waals surface area contributed by atoms with Crippen LogP contribution < -0.4 is 0 Å². The molecule has 0 unspecified atom stereocenters. The topological polar surface area (TPSA) is 61.8 Å². The highest BCUT2D eigenvalue weighted by molar-refractivity contribution is 7.53. The van der Waals surface area contributed by atoms with E-state index in [-0.39, 0.29) is 19.5 Å². The Morgan fingerprint density at radius 3 is 2.21 bits per heavy atom. The summed E-state index contributed by atoms with van der Waals surface area (Å²) in [7, 11) is -3.34. The van der Waals surface area contributed by atoms with E-state index in [1.807, 2.05) is 30.3 Å². The Morgan fingerprint density at radius 1 is 1.21 bits per heavy atom. The summed E-state index contributed by atoms with van der Waals surface area (Å²) in [5.74, 6) is 0. The van der Waals surface area contributed by atoms with Crippen LogP contribution in [-0.2, 0) is 13.6 Å². The van der Waals surface area contributed by atoms with Gasteiger partial charge in [0.2, 0.25) is 0 Å². The largest absolute Gasteiger partial charge is 0.784 e. The summed E-state index contributed by atoms with van der Waals surface area (Å²) in [6, 6.07) is 8.95. The Labute approximate surface area is 114 Å². The first-order valence-electron chi connectivity index (χ1n) is 6.39. The molecule has 0 aromatic heterocycles. The van der Waals surface area contributed by atoms with Crippen molar-refractivity contribution in [3.05, 3.63) is 41.1 Å². The van der Waals surface area contributed by atoms with Crippen LogP contribution in [0.2, 0.25) is 0 Å². The smallest absolute Gasteiger partial charge is 0.343 e. The zero-order chi connectivity index (χ0) is 14.3. The fourth-order valence-electron chi connectivity index (χ4n) is 1.70. The third-order valence-electron chi connectivity index (χ3n) is 2.68. The fraction of sp³-hybridized carbons (Fsp3) is 0.538. The highest BCUT2D eigenvalue weighted by Gasteiger charge is 2.25. The maximum atomic E-state index is 12.3. The van der Waals surface area contributed by atoms with E-state index >= 15 is 0 Å². The van der Waals surface area contributed by atoms with Crippen molar-refractivity contribution in [1.82, 2.24) is 5.06 Å². The first kappa shape index (κ1) is 16.3. The standard InChI is InChI=1S/C13H21NO4P/c1-4-17-19(16,18-5-2)11-14(15)12(3)13-9-7-6-8-10-13/h6-10,12H,4-5,11H2,1-3H3/q-1/t12-/m0/s1. The second-order valence-electron chi connectivity index (χ2n) is 4.09. The van der Waals surface area contributed by atoms with Crippen LogP contribution in [0.5, 0.6) is 0 Å². The van der Waals surface area contributed by atoms with Gasteiger partial charge in [0.1, 0.15) is 0 Å². The van der Waals surface area contributed by atoms with Crippen molar-refractivity contribution in [2.24, 2.45) is 0 Å². The Kier molecular flexibility index (Phi) is 6.69. The molecule has 0 saturated carbocycles. The number of benzene rings is 1. The number of nitrogens with zero attached hydrogens (tertiary/aromatic N) is 1. The van der Waals surface area contributed by atoms with Gasteiger partial charge in [0.25, 0.3) is 0 Å². The van der Waals surface area contributed by atoms with Crippen molar-refractivity contribution in [2.45, 2.75) is 26.8 Å². The molecule has 19 heavy (non-hydrogen) atoms. The number of hydrogen-bond donors (Lipinski definition) is 0. The van der Waals surface area contributed by atoms with Crippen molar-refractivity contribution in [1.29, 1.82) is 0 Å². The molecule has 1 aromatic rings. The van der Waals surface area contributed by atoms with E-state index in [9.17, 15) is 9.77 Å². The average Bonchev–Trinajstić information content (AvgIpc) is 2.39. The molecule has 0 fully saturated rings. The van der Waals surface area contributed by atoms with Crippen molar-refractivity contribution >= 4 is 7.60 Å². The molecular formula is C13H21NO4P-. The molecule has 6 heteroatoms. The zero-order valence-corrected chi connectivity index (χ0v) is 12.5. The number of hydroxylamine groups is 2. The maximum absolute atomic E-state index is 12.3. The molecule has 5 nitrogen and oxygen atoms in total. The molecule has 1 rings (SSSR count). The van der Waals surface area contributed by atoms with E-state index in [4.69, 9.17) is 9.05 Å². The van der Waals surface area contributed by atoms with Crippen LogP contribution >= 0.6 is 7.60 Å². The molecule has 0 heterocycles. The molecule has 0 aliphatic rings. The molecule has 0 amide bonds. The fourth-order valence-corrected chi connectivity index (χ4v) is 3.31. The summed E-state index contributed by atoms with van der Waals surface area (Å²) in [5.41, 5.74) is 0.872. The van der Waals surface area contributed by atoms with Gasteiger partial charge in [0, 0.05) is 6.04 Å². The molecule has 108 valence electrons. The lowest BCUT2D eigenvalue weighted by Crippen LogP contribution is -2.23. The van der Waals surface area contributed by atoms with Crippen LogP contribution in [0.1, 0.15) is 32.4 Å². The van der Waals surface area contributed by atoms with Crippen LogP contribution in [0.3, 0.4) is 0 Å². The first-order valence-corrected chi connectivity index (χ1v) is 8.12. The molecule has 0 spiro atoms. The monoisotopic (exact) mass is 286 g/mol. The minimum atomic E-state index is -3.34. The van der Waals surface area contributed by atoms with Crippen LogP contribution in [0.4, 0.5) is 0 Å². The van der Waals surface area contributed by atoms with Crippen molar-refractivity contribution < 1.29 is 13.6 Å². The van der Waals surface area contributed by atoms with E-state index in [1.165, 1.54) is 0 Å². The second kappa shape index (κ2) is 7.78. The third kappa shape index (κ3) is 5.05. The lowest BCUT2D eigenvalue weighted by atomic mass is 10.1. The van der Waals surface area contributed by atoms with Gasteiger partial charge in [-0.3, -0.25) is 4.57 Å². The lowest BCUT2D eigenvalue weighted by molar-refractivity contribution is 0.199. The van der Waals surface area contributed by atoms with Crippen molar-refractivity contribution in [3.63, 3.8) is 0 Å². The van der Waals surface area contributed by atoms with Gasteiger partial charge in [0.05, 0.1) is 19.5 Å². The Morgan fingerprint density at radius 2 is 1.74 bits per heavy atom. The van der Waals surface area contributed by atoms with Gasteiger partial charge >= 0.3 is 7.60 Å². The Balaban J connectivity index is 2.71. The molecule has 0 saturated heterocycles. The summed E-state index contributed by atoms with van der Waals surface area (Å²) < 4.78 is 22.5. The minimum absolute atomic E-state index is 0.255. The van der Waals surface area contributed by atoms with Gasteiger partial charge in [-0.2, -0.15) is 0 Å². The summed E-state index contributed by atoms with van der Waals surface area (Å²) >= 11 is 0. The quantitative estimate of drug-likeness (QED) is 0.537. The van der Waals surface area contributed by atoms with E-state index in [1.54, 1.807) is 20.8 Å². The van der Waals surface area contributed by atoms with Crippen LogP contribution in [0.15, 0.2) is 30.3 Å². The van der Waals surface area contributed by atoms with Gasteiger partial charge in [-0.25, -0.2) is 0 Å². The first-order chi connectivity index (χ1) is 9.02. The van der Waals surface area contributed by atoms with Gasteiger partial charge in [-0.05, 0) is 26.3 Å². The van der Waals surface area contributed by atoms with Gasteiger partial charge in [0.15, 0.2) is 0 Å². The summed E-state index contributed by atoms with van der Waals surface area (Å²) in [4.78, 5) is 0. The average molecular weight is 286 g/mol. The molecule has 0 aliphatic carbocycles.